The zero-order valence-electron chi connectivity index (χ0n) is 13.7. The zero-order valence-corrected chi connectivity index (χ0v) is 13.7. The minimum absolute atomic E-state index is 0.0664. The Balaban J connectivity index is 2.45. The van der Waals surface area contributed by atoms with Crippen LogP contribution in [0.4, 0.5) is 0 Å². The fourth-order valence-electron chi connectivity index (χ4n) is 2.74. The number of nitrogens with one attached hydrogen (secondary N) is 2. The van der Waals surface area contributed by atoms with Crippen molar-refractivity contribution < 1.29 is 19.2 Å². The van der Waals surface area contributed by atoms with Crippen LogP contribution in [-0.4, -0.2) is 30.0 Å². The van der Waals surface area contributed by atoms with Crippen molar-refractivity contribution in [2.24, 2.45) is 0 Å². The molecule has 1 aromatic rings. The minimum atomic E-state index is -0.508. The summed E-state index contributed by atoms with van der Waals surface area (Å²) in [5.74, 6) is 1.16. The van der Waals surface area contributed by atoms with Gasteiger partial charge in [0.05, 0.1) is 7.11 Å². The third-order valence-corrected chi connectivity index (χ3v) is 3.78. The van der Waals surface area contributed by atoms with E-state index in [9.17, 15) is 9.59 Å². The van der Waals surface area contributed by atoms with Crippen molar-refractivity contribution in [1.82, 2.24) is 10.5 Å². The van der Waals surface area contributed by atoms with E-state index >= 15 is 0 Å². The number of aromatic amines is 1. The van der Waals surface area contributed by atoms with E-state index in [0.717, 1.165) is 37.1 Å². The molecule has 1 amide bonds. The molecule has 0 radical (unpaired) electrons. The number of aryl methyl sites for hydroxylation is 1. The fourth-order valence-corrected chi connectivity index (χ4v) is 2.74. The number of hydrogen-bond acceptors (Lipinski definition) is 4. The SMILES string of the molecule is CCCCCC1OC(=C=O)C(C(=O)NOC)=C1c1ccc(C)[nH]1. The Bertz CT molecular complexity index is 653. The lowest BCUT2D eigenvalue weighted by molar-refractivity contribution is -0.127. The molecule has 23 heavy (non-hydrogen) atoms. The smallest absolute Gasteiger partial charge is 0.279 e. The van der Waals surface area contributed by atoms with E-state index in [4.69, 9.17) is 4.74 Å². The van der Waals surface area contributed by atoms with Gasteiger partial charge in [0.15, 0.2) is 5.94 Å². The quantitative estimate of drug-likeness (QED) is 0.460. The summed E-state index contributed by atoms with van der Waals surface area (Å²) in [4.78, 5) is 31.4. The van der Waals surface area contributed by atoms with E-state index in [-0.39, 0.29) is 17.4 Å². The number of carbonyl (C=O) groups is 1. The molecule has 6 heteroatoms. The summed E-state index contributed by atoms with van der Waals surface area (Å²) in [6, 6.07) is 3.80. The number of hydrogen-bond donors (Lipinski definition) is 2. The maximum absolute atomic E-state index is 12.3. The number of rotatable bonds is 7. The highest BCUT2D eigenvalue weighted by Gasteiger charge is 2.37. The average molecular weight is 318 g/mol. The molecule has 1 aliphatic rings. The second-order valence-electron chi connectivity index (χ2n) is 5.51. The summed E-state index contributed by atoms with van der Waals surface area (Å²) in [7, 11) is 1.34. The lowest BCUT2D eigenvalue weighted by Gasteiger charge is -2.13. The van der Waals surface area contributed by atoms with Crippen LogP contribution in [0.3, 0.4) is 0 Å². The molecule has 1 aliphatic heterocycles. The first-order valence-electron chi connectivity index (χ1n) is 7.78. The highest BCUT2D eigenvalue weighted by molar-refractivity contribution is 6.08. The van der Waals surface area contributed by atoms with Gasteiger partial charge in [-0.05, 0) is 31.9 Å². The van der Waals surface area contributed by atoms with Crippen molar-refractivity contribution in [3.63, 3.8) is 0 Å². The largest absolute Gasteiger partial charge is 0.474 e. The van der Waals surface area contributed by atoms with Crippen LogP contribution in [0.1, 0.15) is 44.0 Å². The Morgan fingerprint density at radius 3 is 2.78 bits per heavy atom. The number of aromatic nitrogens is 1. The van der Waals surface area contributed by atoms with Crippen molar-refractivity contribution in [3.05, 3.63) is 34.9 Å². The monoisotopic (exact) mass is 318 g/mol. The maximum atomic E-state index is 12.3. The molecule has 2 heterocycles. The Hall–Kier alpha value is -2.30. The van der Waals surface area contributed by atoms with E-state index in [2.05, 4.69) is 22.2 Å². The molecule has 1 aromatic heterocycles. The number of hydroxylamine groups is 1. The van der Waals surface area contributed by atoms with Crippen LogP contribution in [0, 0.1) is 6.92 Å². The minimum Gasteiger partial charge on any atom is -0.474 e. The van der Waals surface area contributed by atoms with Gasteiger partial charge in [0.25, 0.3) is 5.91 Å². The summed E-state index contributed by atoms with van der Waals surface area (Å²) in [6.45, 7) is 4.05. The Morgan fingerprint density at radius 2 is 2.22 bits per heavy atom. The summed E-state index contributed by atoms with van der Waals surface area (Å²) >= 11 is 0. The van der Waals surface area contributed by atoms with Crippen LogP contribution in [0.5, 0.6) is 0 Å². The number of unbranched alkanes of at least 4 members (excludes halogenated alkanes) is 2. The van der Waals surface area contributed by atoms with E-state index < -0.39 is 5.91 Å². The predicted molar refractivity (Wildman–Crippen MR) is 85.8 cm³/mol. The summed E-state index contributed by atoms with van der Waals surface area (Å²) in [6.07, 6.45) is 3.50. The molecule has 1 atom stereocenters. The van der Waals surface area contributed by atoms with E-state index in [1.807, 2.05) is 19.1 Å². The van der Waals surface area contributed by atoms with E-state index in [0.29, 0.717) is 5.57 Å². The molecular formula is C17H22N2O4. The van der Waals surface area contributed by atoms with Crippen LogP contribution in [0.25, 0.3) is 5.57 Å². The second-order valence-corrected chi connectivity index (χ2v) is 5.51. The van der Waals surface area contributed by atoms with Crippen molar-refractivity contribution in [2.75, 3.05) is 7.11 Å². The molecule has 0 aliphatic carbocycles. The average Bonchev–Trinajstić information content (AvgIpc) is 3.11. The Kier molecular flexibility index (Phi) is 5.79. The number of H-pyrrole nitrogens is 1. The molecule has 2 rings (SSSR count). The normalized spacial score (nSPS) is 17.2. The molecule has 6 nitrogen and oxygen atoms in total. The summed E-state index contributed by atoms with van der Waals surface area (Å²) in [5, 5.41) is 0. The van der Waals surface area contributed by atoms with Gasteiger partial charge in [-0.25, -0.2) is 10.3 Å². The molecule has 124 valence electrons. The van der Waals surface area contributed by atoms with Gasteiger partial charge in [0.1, 0.15) is 11.7 Å². The van der Waals surface area contributed by atoms with Crippen molar-refractivity contribution in [3.8, 4) is 0 Å². The van der Waals surface area contributed by atoms with Gasteiger partial charge >= 0.3 is 0 Å². The Morgan fingerprint density at radius 1 is 1.43 bits per heavy atom. The molecule has 2 N–H and O–H groups in total. The predicted octanol–water partition coefficient (Wildman–Crippen LogP) is 2.45. The maximum Gasteiger partial charge on any atom is 0.279 e. The zero-order chi connectivity index (χ0) is 16.8. The van der Waals surface area contributed by atoms with Crippen LogP contribution in [0.15, 0.2) is 23.5 Å². The standard InChI is InChI=1S/C17H22N2O4/c1-4-5-6-7-13-15(12-9-8-11(2)18-12)16(14(10-20)23-13)17(21)19-22-3/h8-9,13,18H,4-7H2,1-3H3,(H,19,21). The number of carbonyl (C=O) groups excluding carboxylic acids is 2. The molecule has 0 bridgehead atoms. The van der Waals surface area contributed by atoms with E-state index in [1.165, 1.54) is 7.11 Å². The van der Waals surface area contributed by atoms with Crippen LogP contribution in [0.2, 0.25) is 0 Å². The summed E-state index contributed by atoms with van der Waals surface area (Å²) in [5.41, 5.74) is 4.86. The van der Waals surface area contributed by atoms with Crippen molar-refractivity contribution >= 4 is 17.4 Å². The first kappa shape index (κ1) is 17.1. The first-order valence-corrected chi connectivity index (χ1v) is 7.78. The van der Waals surface area contributed by atoms with Crippen LogP contribution >= 0.6 is 0 Å². The van der Waals surface area contributed by atoms with Crippen LogP contribution in [-0.2, 0) is 19.2 Å². The lowest BCUT2D eigenvalue weighted by Crippen LogP contribution is -2.24. The van der Waals surface area contributed by atoms with Crippen LogP contribution < -0.4 is 5.48 Å². The summed E-state index contributed by atoms with van der Waals surface area (Å²) < 4.78 is 5.70. The molecule has 0 spiro atoms. The number of amides is 1. The van der Waals surface area contributed by atoms with Gasteiger partial charge in [-0.15, -0.1) is 0 Å². The Labute approximate surface area is 135 Å². The van der Waals surface area contributed by atoms with Gasteiger partial charge in [-0.2, -0.15) is 0 Å². The van der Waals surface area contributed by atoms with Crippen molar-refractivity contribution in [2.45, 2.75) is 45.6 Å². The lowest BCUT2D eigenvalue weighted by atomic mass is 9.97. The van der Waals surface area contributed by atoms with Crippen molar-refractivity contribution in [1.29, 1.82) is 0 Å². The van der Waals surface area contributed by atoms with Gasteiger partial charge in [-0.1, -0.05) is 19.8 Å². The topological polar surface area (TPSA) is 80.4 Å². The molecule has 0 saturated carbocycles. The molecule has 1 unspecified atom stereocenters. The van der Waals surface area contributed by atoms with Gasteiger partial charge in [-0.3, -0.25) is 9.63 Å². The third kappa shape index (κ3) is 3.73. The van der Waals surface area contributed by atoms with Gasteiger partial charge in [0.2, 0.25) is 5.76 Å². The molecule has 0 fully saturated rings. The molecular weight excluding hydrogens is 296 g/mol. The number of ether oxygens (including phenoxy) is 1. The first-order chi connectivity index (χ1) is 11.1. The second kappa shape index (κ2) is 7.81. The third-order valence-electron chi connectivity index (χ3n) is 3.78. The van der Waals surface area contributed by atoms with Gasteiger partial charge in [0, 0.05) is 17.0 Å². The fraction of sp³-hybridized carbons (Fsp3) is 0.471. The molecule has 0 saturated heterocycles. The highest BCUT2D eigenvalue weighted by atomic mass is 16.6. The molecule has 0 aromatic carbocycles. The highest BCUT2D eigenvalue weighted by Crippen LogP contribution is 2.38. The van der Waals surface area contributed by atoms with E-state index in [1.54, 1.807) is 5.94 Å². The van der Waals surface area contributed by atoms with Gasteiger partial charge < -0.3 is 9.72 Å².